The molecule has 18 heavy (non-hydrogen) atoms. The van der Waals surface area contributed by atoms with Crippen LogP contribution in [0.25, 0.3) is 0 Å². The minimum absolute atomic E-state index is 0.449. The van der Waals surface area contributed by atoms with Crippen LogP contribution in [0.2, 0.25) is 0 Å². The van der Waals surface area contributed by atoms with Gasteiger partial charge in [-0.15, -0.1) is 23.2 Å². The smallest absolute Gasteiger partial charge is 0.137 e. The van der Waals surface area contributed by atoms with Crippen molar-refractivity contribution < 1.29 is 4.79 Å². The van der Waals surface area contributed by atoms with Crippen LogP contribution in [0, 0.1) is 0 Å². The van der Waals surface area contributed by atoms with E-state index in [1.807, 2.05) is 24.3 Å². The van der Waals surface area contributed by atoms with Crippen molar-refractivity contribution in [3.05, 3.63) is 29.8 Å². The molecule has 0 saturated carbocycles. The predicted octanol–water partition coefficient (Wildman–Crippen LogP) is 2.04. The fourth-order valence-corrected chi connectivity index (χ4v) is 2.18. The molecular weight excluding hydrogens is 271 g/mol. The number of halogens is 2. The molecule has 0 aliphatic rings. The maximum absolute atomic E-state index is 10.6. The molecule has 3 nitrogen and oxygen atoms in total. The summed E-state index contributed by atoms with van der Waals surface area (Å²) in [5.74, 6) is 1.10. The summed E-state index contributed by atoms with van der Waals surface area (Å²) in [7, 11) is 0. The van der Waals surface area contributed by atoms with E-state index in [0.717, 1.165) is 30.6 Å². The van der Waals surface area contributed by atoms with Crippen molar-refractivity contribution in [3.8, 4) is 0 Å². The Balaban J connectivity index is 2.80. The number of rotatable bonds is 8. The third-order valence-corrected chi connectivity index (χ3v) is 2.97. The summed E-state index contributed by atoms with van der Waals surface area (Å²) < 4.78 is 0. The lowest BCUT2D eigenvalue weighted by Gasteiger charge is -2.23. The molecule has 0 fully saturated rings. The van der Waals surface area contributed by atoms with Crippen molar-refractivity contribution in [1.82, 2.24) is 0 Å². The molecule has 0 bridgehead atoms. The fourth-order valence-electron chi connectivity index (χ4n) is 1.77. The van der Waals surface area contributed by atoms with E-state index >= 15 is 0 Å². The van der Waals surface area contributed by atoms with Gasteiger partial charge in [-0.1, -0.05) is 12.1 Å². The molecule has 0 amide bonds. The lowest BCUT2D eigenvalue weighted by molar-refractivity contribution is -0.108. The second-order valence-electron chi connectivity index (χ2n) is 4.04. The number of carbonyl (C=O) groups excluding carboxylic acids is 1. The zero-order chi connectivity index (χ0) is 13.4. The molecule has 0 saturated heterocycles. The molecule has 0 aliphatic heterocycles. The molecule has 1 aromatic carbocycles. The average molecular weight is 289 g/mol. The standard InChI is InChI=1S/C13H18Cl2N2O/c14-4-6-17(7-5-15)13-3-1-2-11(9-13)8-12(16)10-18/h1-3,9-10,12H,4-8,16H2/t12-/m0/s1. The third-order valence-electron chi connectivity index (χ3n) is 2.63. The van der Waals surface area contributed by atoms with Crippen LogP contribution in [0.5, 0.6) is 0 Å². The van der Waals surface area contributed by atoms with E-state index in [1.165, 1.54) is 0 Å². The normalized spacial score (nSPS) is 12.2. The Bertz CT molecular complexity index is 368. The lowest BCUT2D eigenvalue weighted by atomic mass is 10.1. The molecule has 0 heterocycles. The Morgan fingerprint density at radius 1 is 1.28 bits per heavy atom. The highest BCUT2D eigenvalue weighted by Crippen LogP contribution is 2.17. The van der Waals surface area contributed by atoms with Crippen molar-refractivity contribution in [3.63, 3.8) is 0 Å². The molecule has 0 aliphatic carbocycles. The lowest BCUT2D eigenvalue weighted by Crippen LogP contribution is -2.28. The van der Waals surface area contributed by atoms with E-state index in [2.05, 4.69) is 4.90 Å². The maximum atomic E-state index is 10.6. The van der Waals surface area contributed by atoms with Crippen molar-refractivity contribution in [2.24, 2.45) is 5.73 Å². The number of carbonyl (C=O) groups is 1. The molecule has 0 spiro atoms. The highest BCUT2D eigenvalue weighted by molar-refractivity contribution is 6.18. The van der Waals surface area contributed by atoms with Gasteiger partial charge in [0.15, 0.2) is 0 Å². The Labute approximate surface area is 118 Å². The number of hydrogen-bond acceptors (Lipinski definition) is 3. The van der Waals surface area contributed by atoms with Gasteiger partial charge in [0, 0.05) is 30.5 Å². The van der Waals surface area contributed by atoms with Crippen molar-refractivity contribution >= 4 is 35.2 Å². The number of benzene rings is 1. The predicted molar refractivity (Wildman–Crippen MR) is 77.8 cm³/mol. The van der Waals surface area contributed by atoms with E-state index in [-0.39, 0.29) is 0 Å². The van der Waals surface area contributed by atoms with E-state index in [0.29, 0.717) is 18.2 Å². The highest BCUT2D eigenvalue weighted by atomic mass is 35.5. The number of alkyl halides is 2. The quantitative estimate of drug-likeness (QED) is 0.588. The summed E-state index contributed by atoms with van der Waals surface area (Å²) >= 11 is 11.6. The van der Waals surface area contributed by atoms with Crippen LogP contribution in [-0.2, 0) is 11.2 Å². The first kappa shape index (κ1) is 15.3. The average Bonchev–Trinajstić information content (AvgIpc) is 2.38. The van der Waals surface area contributed by atoms with Gasteiger partial charge in [0.25, 0.3) is 0 Å². The highest BCUT2D eigenvalue weighted by Gasteiger charge is 2.07. The van der Waals surface area contributed by atoms with Gasteiger partial charge in [-0.05, 0) is 24.1 Å². The topological polar surface area (TPSA) is 46.3 Å². The molecule has 1 aromatic rings. The van der Waals surface area contributed by atoms with Gasteiger partial charge in [0.2, 0.25) is 0 Å². The number of hydrogen-bond donors (Lipinski definition) is 1. The second kappa shape index (κ2) is 8.35. The third kappa shape index (κ3) is 4.84. The van der Waals surface area contributed by atoms with Gasteiger partial charge in [-0.3, -0.25) is 0 Å². The molecule has 5 heteroatoms. The number of anilines is 1. The zero-order valence-corrected chi connectivity index (χ0v) is 11.7. The first-order chi connectivity index (χ1) is 8.71. The molecule has 1 atom stereocenters. The first-order valence-electron chi connectivity index (χ1n) is 5.88. The van der Waals surface area contributed by atoms with Crippen molar-refractivity contribution in [2.45, 2.75) is 12.5 Å². The van der Waals surface area contributed by atoms with Gasteiger partial charge in [-0.2, -0.15) is 0 Å². The van der Waals surface area contributed by atoms with E-state index < -0.39 is 6.04 Å². The minimum atomic E-state index is -0.449. The first-order valence-corrected chi connectivity index (χ1v) is 6.95. The summed E-state index contributed by atoms with van der Waals surface area (Å²) in [6.45, 7) is 1.49. The molecule has 1 rings (SSSR count). The van der Waals surface area contributed by atoms with Crippen LogP contribution in [0.15, 0.2) is 24.3 Å². The Hall–Kier alpha value is -0.770. The van der Waals surface area contributed by atoms with Crippen LogP contribution < -0.4 is 10.6 Å². The van der Waals surface area contributed by atoms with E-state index in [9.17, 15) is 4.79 Å². The molecule has 100 valence electrons. The zero-order valence-electron chi connectivity index (χ0n) is 10.2. The molecule has 0 aromatic heterocycles. The Kier molecular flexibility index (Phi) is 7.09. The van der Waals surface area contributed by atoms with E-state index in [4.69, 9.17) is 28.9 Å². The van der Waals surface area contributed by atoms with Gasteiger partial charge >= 0.3 is 0 Å². The molecule has 0 unspecified atom stereocenters. The van der Waals surface area contributed by atoms with Crippen LogP contribution in [-0.4, -0.2) is 37.2 Å². The largest absolute Gasteiger partial charge is 0.369 e. The van der Waals surface area contributed by atoms with Gasteiger partial charge < -0.3 is 15.4 Å². The van der Waals surface area contributed by atoms with Crippen LogP contribution in [0.4, 0.5) is 5.69 Å². The fraction of sp³-hybridized carbons (Fsp3) is 0.462. The van der Waals surface area contributed by atoms with Gasteiger partial charge in [0.1, 0.15) is 6.29 Å². The monoisotopic (exact) mass is 288 g/mol. The van der Waals surface area contributed by atoms with Crippen molar-refractivity contribution in [2.75, 3.05) is 29.7 Å². The van der Waals surface area contributed by atoms with Crippen LogP contribution in [0.1, 0.15) is 5.56 Å². The number of aldehydes is 1. The second-order valence-corrected chi connectivity index (χ2v) is 4.79. The van der Waals surface area contributed by atoms with Gasteiger partial charge in [-0.25, -0.2) is 0 Å². The summed E-state index contributed by atoms with van der Waals surface area (Å²) in [6.07, 6.45) is 1.31. The molecule has 2 N–H and O–H groups in total. The maximum Gasteiger partial charge on any atom is 0.137 e. The van der Waals surface area contributed by atoms with Crippen LogP contribution >= 0.6 is 23.2 Å². The SMILES string of the molecule is N[C@H](C=O)Cc1cccc(N(CCCl)CCCl)c1. The number of nitrogens with zero attached hydrogens (tertiary/aromatic N) is 1. The summed E-state index contributed by atoms with van der Waals surface area (Å²) in [5, 5.41) is 0. The summed E-state index contributed by atoms with van der Waals surface area (Å²) in [5.41, 5.74) is 7.73. The number of nitrogens with two attached hydrogens (primary N) is 1. The van der Waals surface area contributed by atoms with Crippen LogP contribution in [0.3, 0.4) is 0 Å². The molecular formula is C13H18Cl2N2O. The summed E-state index contributed by atoms with van der Waals surface area (Å²) in [4.78, 5) is 12.7. The van der Waals surface area contributed by atoms with Crippen molar-refractivity contribution in [1.29, 1.82) is 0 Å². The Morgan fingerprint density at radius 3 is 2.50 bits per heavy atom. The summed E-state index contributed by atoms with van der Waals surface area (Å²) in [6, 6.07) is 7.51. The Morgan fingerprint density at radius 2 is 1.94 bits per heavy atom. The van der Waals surface area contributed by atoms with Gasteiger partial charge in [0.05, 0.1) is 6.04 Å². The van der Waals surface area contributed by atoms with E-state index in [1.54, 1.807) is 0 Å². The minimum Gasteiger partial charge on any atom is -0.369 e. The molecule has 0 radical (unpaired) electrons.